The molecule has 0 aliphatic heterocycles. The number of rotatable bonds is 6. The molecule has 5 nitrogen and oxygen atoms in total. The topological polar surface area (TPSA) is 85.9 Å². The lowest BCUT2D eigenvalue weighted by Gasteiger charge is -2.10. The summed E-state index contributed by atoms with van der Waals surface area (Å²) in [6.45, 7) is 2.08. The maximum atomic E-state index is 12.6. The van der Waals surface area contributed by atoms with Crippen LogP contribution in [0.25, 0.3) is 6.08 Å². The van der Waals surface area contributed by atoms with Crippen LogP contribution in [0.5, 0.6) is 5.75 Å². The first-order chi connectivity index (χ1) is 15.4. The number of benzene rings is 3. The SMILES string of the molecule is Cc1ccc(Cl)cc1NC(=O)/C(C#N)=C/c1ccc(OCc2ccccc2C#N)c(Br)c1. The molecule has 0 bridgehead atoms. The van der Waals surface area contributed by atoms with Crippen molar-refractivity contribution in [2.24, 2.45) is 0 Å². The number of hydrogen-bond acceptors (Lipinski definition) is 4. The van der Waals surface area contributed by atoms with Crippen molar-refractivity contribution in [1.82, 2.24) is 0 Å². The van der Waals surface area contributed by atoms with Gasteiger partial charge in [-0.25, -0.2) is 0 Å². The van der Waals surface area contributed by atoms with Gasteiger partial charge in [0, 0.05) is 16.3 Å². The third-order valence-electron chi connectivity index (χ3n) is 4.60. The van der Waals surface area contributed by atoms with E-state index in [0.29, 0.717) is 32.1 Å². The van der Waals surface area contributed by atoms with Crippen molar-refractivity contribution in [2.75, 3.05) is 5.32 Å². The van der Waals surface area contributed by atoms with E-state index < -0.39 is 5.91 Å². The molecule has 1 N–H and O–H groups in total. The summed E-state index contributed by atoms with van der Waals surface area (Å²) in [4.78, 5) is 12.6. The van der Waals surface area contributed by atoms with E-state index in [1.807, 2.05) is 25.1 Å². The minimum Gasteiger partial charge on any atom is -0.488 e. The molecule has 0 saturated heterocycles. The molecule has 3 rings (SSSR count). The number of carbonyl (C=O) groups excluding carboxylic acids is 1. The lowest BCUT2D eigenvalue weighted by Crippen LogP contribution is -2.14. The fraction of sp³-hybridized carbons (Fsp3) is 0.0800. The van der Waals surface area contributed by atoms with Crippen LogP contribution in [0.3, 0.4) is 0 Å². The fourth-order valence-electron chi connectivity index (χ4n) is 2.87. The summed E-state index contributed by atoms with van der Waals surface area (Å²) in [5.41, 5.74) is 3.32. The zero-order chi connectivity index (χ0) is 23.1. The second-order valence-electron chi connectivity index (χ2n) is 6.83. The molecule has 3 aromatic carbocycles. The predicted octanol–water partition coefficient (Wildman–Crippen LogP) is 6.41. The molecule has 0 aliphatic rings. The van der Waals surface area contributed by atoms with Crippen LogP contribution in [0.1, 0.15) is 22.3 Å². The number of nitrogens with one attached hydrogen (secondary N) is 1. The Morgan fingerprint density at radius 3 is 2.66 bits per heavy atom. The number of halogens is 2. The number of aryl methyl sites for hydroxylation is 1. The van der Waals surface area contributed by atoms with Gasteiger partial charge in [-0.05, 0) is 70.4 Å². The number of ether oxygens (including phenoxy) is 1. The second kappa shape index (κ2) is 10.6. The van der Waals surface area contributed by atoms with E-state index in [1.54, 1.807) is 48.5 Å². The highest BCUT2D eigenvalue weighted by Gasteiger charge is 2.12. The molecule has 0 atom stereocenters. The van der Waals surface area contributed by atoms with Crippen molar-refractivity contribution in [3.05, 3.63) is 98.0 Å². The summed E-state index contributed by atoms with van der Waals surface area (Å²) in [6, 6.07) is 21.7. The Morgan fingerprint density at radius 1 is 1.16 bits per heavy atom. The van der Waals surface area contributed by atoms with Crippen LogP contribution < -0.4 is 10.1 Å². The molecule has 1 amide bonds. The molecule has 32 heavy (non-hydrogen) atoms. The van der Waals surface area contributed by atoms with E-state index in [0.717, 1.165) is 11.1 Å². The highest BCUT2D eigenvalue weighted by atomic mass is 79.9. The number of carbonyl (C=O) groups is 1. The van der Waals surface area contributed by atoms with Gasteiger partial charge in [-0.3, -0.25) is 4.79 Å². The smallest absolute Gasteiger partial charge is 0.266 e. The average Bonchev–Trinajstić information content (AvgIpc) is 2.79. The van der Waals surface area contributed by atoms with E-state index in [2.05, 4.69) is 27.3 Å². The largest absolute Gasteiger partial charge is 0.488 e. The zero-order valence-electron chi connectivity index (χ0n) is 17.0. The van der Waals surface area contributed by atoms with Gasteiger partial charge in [-0.2, -0.15) is 10.5 Å². The van der Waals surface area contributed by atoms with Crippen molar-refractivity contribution in [2.45, 2.75) is 13.5 Å². The van der Waals surface area contributed by atoms with Gasteiger partial charge in [0.05, 0.1) is 16.1 Å². The highest BCUT2D eigenvalue weighted by Crippen LogP contribution is 2.28. The fourth-order valence-corrected chi connectivity index (χ4v) is 3.55. The maximum Gasteiger partial charge on any atom is 0.266 e. The molecule has 0 unspecified atom stereocenters. The van der Waals surface area contributed by atoms with E-state index in [1.165, 1.54) is 6.08 Å². The molecule has 158 valence electrons. The number of nitriles is 2. The van der Waals surface area contributed by atoms with Crippen molar-refractivity contribution >= 4 is 45.2 Å². The molecule has 0 aromatic heterocycles. The predicted molar refractivity (Wildman–Crippen MR) is 128 cm³/mol. The number of nitrogens with zero attached hydrogens (tertiary/aromatic N) is 2. The number of hydrogen-bond donors (Lipinski definition) is 1. The first-order valence-electron chi connectivity index (χ1n) is 9.51. The first-order valence-corrected chi connectivity index (χ1v) is 10.7. The lowest BCUT2D eigenvalue weighted by molar-refractivity contribution is -0.112. The Morgan fingerprint density at radius 2 is 1.94 bits per heavy atom. The van der Waals surface area contributed by atoms with Gasteiger partial charge in [-0.15, -0.1) is 0 Å². The molecule has 0 radical (unpaired) electrons. The summed E-state index contributed by atoms with van der Waals surface area (Å²) in [5.74, 6) is 0.0508. The minimum absolute atomic E-state index is 0.0482. The van der Waals surface area contributed by atoms with Crippen molar-refractivity contribution < 1.29 is 9.53 Å². The van der Waals surface area contributed by atoms with Gasteiger partial charge in [0.2, 0.25) is 0 Å². The van der Waals surface area contributed by atoms with E-state index in [4.69, 9.17) is 16.3 Å². The Bertz CT molecular complexity index is 1290. The van der Waals surface area contributed by atoms with E-state index >= 15 is 0 Å². The van der Waals surface area contributed by atoms with Crippen molar-refractivity contribution in [3.8, 4) is 17.9 Å². The van der Waals surface area contributed by atoms with Gasteiger partial charge in [0.25, 0.3) is 5.91 Å². The van der Waals surface area contributed by atoms with Crippen LogP contribution in [-0.2, 0) is 11.4 Å². The van der Waals surface area contributed by atoms with Crippen LogP contribution in [0.4, 0.5) is 5.69 Å². The number of amides is 1. The Balaban J connectivity index is 1.75. The Kier molecular flexibility index (Phi) is 7.68. The molecule has 0 heterocycles. The molecule has 0 saturated carbocycles. The normalized spacial score (nSPS) is 10.7. The van der Waals surface area contributed by atoms with Crippen LogP contribution in [0.15, 0.2) is 70.7 Å². The first kappa shape index (κ1) is 23.1. The third-order valence-corrected chi connectivity index (χ3v) is 5.46. The van der Waals surface area contributed by atoms with Crippen LogP contribution in [0.2, 0.25) is 5.02 Å². The molecular formula is C25H17BrClN3O2. The molecular weight excluding hydrogens is 490 g/mol. The van der Waals surface area contributed by atoms with E-state index in [9.17, 15) is 15.3 Å². The van der Waals surface area contributed by atoms with Crippen LogP contribution in [-0.4, -0.2) is 5.91 Å². The lowest BCUT2D eigenvalue weighted by atomic mass is 10.1. The third kappa shape index (κ3) is 5.76. The van der Waals surface area contributed by atoms with Crippen molar-refractivity contribution in [1.29, 1.82) is 10.5 Å². The molecule has 0 fully saturated rings. The maximum absolute atomic E-state index is 12.6. The number of anilines is 1. The van der Waals surface area contributed by atoms with Gasteiger partial charge in [-0.1, -0.05) is 41.9 Å². The summed E-state index contributed by atoms with van der Waals surface area (Å²) in [6.07, 6.45) is 1.49. The van der Waals surface area contributed by atoms with Crippen molar-refractivity contribution in [3.63, 3.8) is 0 Å². The molecule has 3 aromatic rings. The Hall–Kier alpha value is -3.58. The quantitative estimate of drug-likeness (QED) is 0.309. The van der Waals surface area contributed by atoms with Gasteiger partial charge >= 0.3 is 0 Å². The Labute approximate surface area is 199 Å². The van der Waals surface area contributed by atoms with Gasteiger partial charge in [0.1, 0.15) is 24.0 Å². The summed E-state index contributed by atoms with van der Waals surface area (Å²) >= 11 is 9.45. The standard InChI is InChI=1S/C25H17BrClN3O2/c1-16-6-8-21(27)12-23(16)30-25(31)20(14-29)10-17-7-9-24(22(26)11-17)32-15-19-5-3-2-4-18(19)13-28/h2-12H,15H2,1H3,(H,30,31)/b20-10+. The van der Waals surface area contributed by atoms with Crippen LogP contribution in [0, 0.1) is 29.6 Å². The van der Waals surface area contributed by atoms with Gasteiger partial charge < -0.3 is 10.1 Å². The molecule has 0 aliphatic carbocycles. The molecule has 7 heteroatoms. The molecule has 0 spiro atoms. The summed E-state index contributed by atoms with van der Waals surface area (Å²) in [5, 5.41) is 21.9. The highest BCUT2D eigenvalue weighted by molar-refractivity contribution is 9.10. The minimum atomic E-state index is -0.526. The second-order valence-corrected chi connectivity index (χ2v) is 8.12. The van der Waals surface area contributed by atoms with Gasteiger partial charge in [0.15, 0.2) is 0 Å². The van der Waals surface area contributed by atoms with E-state index in [-0.39, 0.29) is 12.2 Å². The monoisotopic (exact) mass is 505 g/mol. The summed E-state index contributed by atoms with van der Waals surface area (Å²) in [7, 11) is 0. The summed E-state index contributed by atoms with van der Waals surface area (Å²) < 4.78 is 6.48. The average molecular weight is 507 g/mol. The zero-order valence-corrected chi connectivity index (χ0v) is 19.4. The van der Waals surface area contributed by atoms with Crippen LogP contribution >= 0.6 is 27.5 Å².